The van der Waals surface area contributed by atoms with E-state index in [0.29, 0.717) is 11.9 Å². The summed E-state index contributed by atoms with van der Waals surface area (Å²) in [6.45, 7) is 0. The molecule has 65 valence electrons. The Bertz CT molecular complexity index is 234. The van der Waals surface area contributed by atoms with Crippen LogP contribution >= 0.6 is 0 Å². The normalized spacial score (nSPS) is 9.67. The quantitative estimate of drug-likeness (QED) is 0.609. The summed E-state index contributed by atoms with van der Waals surface area (Å²) in [7, 11) is 7.51. The van der Waals surface area contributed by atoms with Crippen molar-refractivity contribution >= 4 is 11.9 Å². The first-order valence-corrected chi connectivity index (χ1v) is 3.58. The summed E-state index contributed by atoms with van der Waals surface area (Å²) in [6.07, 6.45) is 2.55. The Hall–Kier alpha value is -1.39. The van der Waals surface area contributed by atoms with Gasteiger partial charge in [0.25, 0.3) is 0 Å². The number of hydrogen-bond acceptors (Lipinski definition) is 5. The molecule has 0 saturated heterocycles. The van der Waals surface area contributed by atoms with Crippen LogP contribution in [0, 0.1) is 6.33 Å². The third kappa shape index (κ3) is 1.81. The van der Waals surface area contributed by atoms with Gasteiger partial charge < -0.3 is 9.80 Å². The van der Waals surface area contributed by atoms with Crippen molar-refractivity contribution in [3.63, 3.8) is 0 Å². The number of nitrogens with zero attached hydrogens (tertiary/aromatic N) is 5. The molecule has 0 aliphatic carbocycles. The summed E-state index contributed by atoms with van der Waals surface area (Å²) < 4.78 is 0. The zero-order valence-electron chi connectivity index (χ0n) is 7.74. The molecule has 0 N–H and O–H groups in total. The average molecular weight is 166 g/mol. The van der Waals surface area contributed by atoms with Crippen LogP contribution in [0.2, 0.25) is 0 Å². The van der Waals surface area contributed by atoms with Gasteiger partial charge in [0.15, 0.2) is 0 Å². The highest BCUT2D eigenvalue weighted by Gasteiger charge is 2.03. The molecular formula is C7H12N5. The summed E-state index contributed by atoms with van der Waals surface area (Å²) >= 11 is 0. The summed E-state index contributed by atoms with van der Waals surface area (Å²) in [5, 5.41) is 0. The standard InChI is InChI=1S/C7H12N5/c1-11(2)6-8-5-9-7(10-6)12(3)4/h1-4H3. The monoisotopic (exact) mass is 166 g/mol. The molecule has 1 heterocycles. The lowest BCUT2D eigenvalue weighted by atomic mass is 10.7. The molecule has 0 saturated carbocycles. The van der Waals surface area contributed by atoms with Gasteiger partial charge in [-0.3, -0.25) is 0 Å². The van der Waals surface area contributed by atoms with Crippen LogP contribution in [0.5, 0.6) is 0 Å². The zero-order chi connectivity index (χ0) is 9.14. The second-order valence-corrected chi connectivity index (χ2v) is 2.82. The fourth-order valence-corrected chi connectivity index (χ4v) is 0.654. The van der Waals surface area contributed by atoms with Crippen molar-refractivity contribution in [3.8, 4) is 0 Å². The van der Waals surface area contributed by atoms with Crippen molar-refractivity contribution in [3.05, 3.63) is 6.33 Å². The predicted molar refractivity (Wildman–Crippen MR) is 47.3 cm³/mol. The fourth-order valence-electron chi connectivity index (χ4n) is 0.654. The summed E-state index contributed by atoms with van der Waals surface area (Å²) in [5.74, 6) is 1.24. The lowest BCUT2D eigenvalue weighted by molar-refractivity contribution is 0.909. The Morgan fingerprint density at radius 1 is 0.917 bits per heavy atom. The molecule has 1 aromatic heterocycles. The van der Waals surface area contributed by atoms with Gasteiger partial charge in [-0.15, -0.1) is 0 Å². The molecule has 5 nitrogen and oxygen atoms in total. The highest BCUT2D eigenvalue weighted by molar-refractivity contribution is 5.34. The maximum absolute atomic E-state index is 4.17. The van der Waals surface area contributed by atoms with Crippen molar-refractivity contribution in [2.45, 2.75) is 0 Å². The van der Waals surface area contributed by atoms with E-state index in [1.54, 1.807) is 0 Å². The first-order valence-electron chi connectivity index (χ1n) is 3.58. The minimum atomic E-state index is 0.619. The van der Waals surface area contributed by atoms with Crippen LogP contribution in [0.1, 0.15) is 0 Å². The van der Waals surface area contributed by atoms with E-state index in [0.717, 1.165) is 0 Å². The van der Waals surface area contributed by atoms with Gasteiger partial charge in [0, 0.05) is 28.2 Å². The van der Waals surface area contributed by atoms with E-state index in [4.69, 9.17) is 0 Å². The highest BCUT2D eigenvalue weighted by Crippen LogP contribution is 2.05. The molecule has 0 spiro atoms. The fraction of sp³-hybridized carbons (Fsp3) is 0.571. The second kappa shape index (κ2) is 3.34. The second-order valence-electron chi connectivity index (χ2n) is 2.82. The molecule has 1 aromatic rings. The van der Waals surface area contributed by atoms with E-state index in [2.05, 4.69) is 21.3 Å². The molecule has 0 amide bonds. The largest absolute Gasteiger partial charge is 0.347 e. The number of aromatic nitrogens is 3. The molecule has 0 aliphatic heterocycles. The molecule has 0 fully saturated rings. The first-order chi connectivity index (χ1) is 5.61. The van der Waals surface area contributed by atoms with E-state index in [1.807, 2.05) is 38.0 Å². The van der Waals surface area contributed by atoms with Crippen molar-refractivity contribution < 1.29 is 0 Å². The molecule has 0 aliphatic rings. The molecule has 0 atom stereocenters. The molecule has 5 heteroatoms. The van der Waals surface area contributed by atoms with Crippen molar-refractivity contribution in [1.29, 1.82) is 0 Å². The minimum Gasteiger partial charge on any atom is -0.347 e. The van der Waals surface area contributed by atoms with Gasteiger partial charge in [-0.05, 0) is 0 Å². The van der Waals surface area contributed by atoms with E-state index in [1.165, 1.54) is 0 Å². The van der Waals surface area contributed by atoms with Crippen molar-refractivity contribution in [1.82, 2.24) is 15.0 Å². The summed E-state index contributed by atoms with van der Waals surface area (Å²) in [4.78, 5) is 15.5. The lowest BCUT2D eigenvalue weighted by Crippen LogP contribution is -2.18. The van der Waals surface area contributed by atoms with E-state index < -0.39 is 0 Å². The van der Waals surface area contributed by atoms with Crippen LogP contribution in [0.25, 0.3) is 0 Å². The Kier molecular flexibility index (Phi) is 2.42. The Labute approximate surface area is 72.1 Å². The molecule has 0 bridgehead atoms. The Morgan fingerprint density at radius 3 is 1.67 bits per heavy atom. The van der Waals surface area contributed by atoms with Gasteiger partial charge >= 0.3 is 0 Å². The van der Waals surface area contributed by atoms with Crippen LogP contribution in [0.3, 0.4) is 0 Å². The average Bonchev–Trinajstić information content (AvgIpc) is 2.04. The van der Waals surface area contributed by atoms with Crippen LogP contribution in [-0.2, 0) is 0 Å². The van der Waals surface area contributed by atoms with Crippen LogP contribution in [0.15, 0.2) is 0 Å². The zero-order valence-corrected chi connectivity index (χ0v) is 7.74. The smallest absolute Gasteiger partial charge is 0.230 e. The molecule has 0 aromatic carbocycles. The number of anilines is 2. The van der Waals surface area contributed by atoms with E-state index in [9.17, 15) is 0 Å². The van der Waals surface area contributed by atoms with Gasteiger partial charge in [-0.2, -0.15) is 15.0 Å². The molecule has 12 heavy (non-hydrogen) atoms. The molecule has 0 unspecified atom stereocenters. The van der Waals surface area contributed by atoms with E-state index in [-0.39, 0.29) is 0 Å². The Morgan fingerprint density at radius 2 is 1.33 bits per heavy atom. The summed E-state index contributed by atoms with van der Waals surface area (Å²) in [6, 6.07) is 0. The van der Waals surface area contributed by atoms with Gasteiger partial charge in [0.1, 0.15) is 0 Å². The third-order valence-corrected chi connectivity index (χ3v) is 1.30. The predicted octanol–water partition coefficient (Wildman–Crippen LogP) is -0.196. The number of hydrogen-bond donors (Lipinski definition) is 0. The van der Waals surface area contributed by atoms with Gasteiger partial charge in [0.05, 0.1) is 0 Å². The van der Waals surface area contributed by atoms with E-state index >= 15 is 0 Å². The molecular weight excluding hydrogens is 154 g/mol. The molecule has 1 rings (SSSR count). The SMILES string of the molecule is CN(C)c1n[c]nc(N(C)C)n1. The van der Waals surface area contributed by atoms with Gasteiger partial charge in [-0.1, -0.05) is 0 Å². The highest BCUT2D eigenvalue weighted by atomic mass is 15.3. The Balaban J connectivity index is 2.96. The first kappa shape index (κ1) is 8.70. The minimum absolute atomic E-state index is 0.619. The van der Waals surface area contributed by atoms with Gasteiger partial charge in [0.2, 0.25) is 18.2 Å². The van der Waals surface area contributed by atoms with Crippen molar-refractivity contribution in [2.24, 2.45) is 0 Å². The lowest BCUT2D eigenvalue weighted by Gasteiger charge is -2.13. The molecule has 1 radical (unpaired) electrons. The topological polar surface area (TPSA) is 45.2 Å². The van der Waals surface area contributed by atoms with Crippen molar-refractivity contribution in [2.75, 3.05) is 38.0 Å². The van der Waals surface area contributed by atoms with Crippen LogP contribution < -0.4 is 9.80 Å². The third-order valence-electron chi connectivity index (χ3n) is 1.30. The summed E-state index contributed by atoms with van der Waals surface area (Å²) in [5.41, 5.74) is 0. The van der Waals surface area contributed by atoms with Gasteiger partial charge in [-0.25, -0.2) is 0 Å². The number of rotatable bonds is 2. The maximum atomic E-state index is 4.17. The van der Waals surface area contributed by atoms with Crippen LogP contribution in [0.4, 0.5) is 11.9 Å². The maximum Gasteiger partial charge on any atom is 0.230 e. The van der Waals surface area contributed by atoms with Crippen LogP contribution in [-0.4, -0.2) is 43.1 Å².